The minimum Gasteiger partial charge on any atom is -0.438 e. The van der Waals surface area contributed by atoms with Crippen LogP contribution in [0.25, 0.3) is 0 Å². The molecular weight excluding hydrogens is 218 g/mol. The number of cyclic esters (lactones) is 1. The van der Waals surface area contributed by atoms with Gasteiger partial charge in [-0.1, -0.05) is 11.6 Å². The Morgan fingerprint density at radius 2 is 2.20 bits per heavy atom. The summed E-state index contributed by atoms with van der Waals surface area (Å²) < 4.78 is 5.13. The zero-order chi connectivity index (χ0) is 11.1. The van der Waals surface area contributed by atoms with Gasteiger partial charge in [0.15, 0.2) is 16.7 Å². The molecule has 1 saturated heterocycles. The van der Waals surface area contributed by atoms with Crippen LogP contribution < -0.4 is 4.90 Å². The molecule has 2 rings (SSSR count). The SMILES string of the molecule is CC1(C)OC(=O)CN1c1ccc(Cl)nn1. The Morgan fingerprint density at radius 1 is 1.47 bits per heavy atom. The summed E-state index contributed by atoms with van der Waals surface area (Å²) in [6.45, 7) is 3.78. The van der Waals surface area contributed by atoms with E-state index in [9.17, 15) is 4.79 Å². The molecule has 80 valence electrons. The predicted molar refractivity (Wildman–Crippen MR) is 54.6 cm³/mol. The fourth-order valence-electron chi connectivity index (χ4n) is 1.50. The molecule has 5 nitrogen and oxygen atoms in total. The third kappa shape index (κ3) is 1.87. The maximum absolute atomic E-state index is 11.2. The Kier molecular flexibility index (Phi) is 2.26. The molecule has 0 radical (unpaired) electrons. The van der Waals surface area contributed by atoms with Crippen LogP contribution in [0.5, 0.6) is 0 Å². The summed E-state index contributed by atoms with van der Waals surface area (Å²) >= 11 is 5.63. The van der Waals surface area contributed by atoms with Gasteiger partial charge < -0.3 is 9.64 Å². The van der Waals surface area contributed by atoms with E-state index in [4.69, 9.17) is 16.3 Å². The number of carbonyl (C=O) groups is 1. The van der Waals surface area contributed by atoms with E-state index in [1.165, 1.54) is 0 Å². The molecule has 0 aliphatic carbocycles. The summed E-state index contributed by atoms with van der Waals surface area (Å²) in [4.78, 5) is 12.9. The molecule has 0 amide bonds. The van der Waals surface area contributed by atoms with E-state index < -0.39 is 5.72 Å². The first kappa shape index (κ1) is 10.2. The van der Waals surface area contributed by atoms with Gasteiger partial charge in [-0.15, -0.1) is 10.2 Å². The zero-order valence-electron chi connectivity index (χ0n) is 8.40. The van der Waals surface area contributed by atoms with Crippen LogP contribution in [-0.4, -0.2) is 28.4 Å². The summed E-state index contributed by atoms with van der Waals surface area (Å²) in [5.41, 5.74) is -0.681. The van der Waals surface area contributed by atoms with Gasteiger partial charge in [-0.05, 0) is 26.0 Å². The lowest BCUT2D eigenvalue weighted by atomic mass is 10.2. The summed E-state index contributed by atoms with van der Waals surface area (Å²) in [6.07, 6.45) is 0. The zero-order valence-corrected chi connectivity index (χ0v) is 9.15. The lowest BCUT2D eigenvalue weighted by molar-refractivity contribution is -0.145. The number of esters is 1. The van der Waals surface area contributed by atoms with Crippen molar-refractivity contribution in [2.75, 3.05) is 11.4 Å². The van der Waals surface area contributed by atoms with Crippen molar-refractivity contribution in [1.82, 2.24) is 10.2 Å². The van der Waals surface area contributed by atoms with E-state index in [2.05, 4.69) is 10.2 Å². The van der Waals surface area contributed by atoms with Gasteiger partial charge in [-0.3, -0.25) is 4.79 Å². The van der Waals surface area contributed by atoms with Gasteiger partial charge in [0.25, 0.3) is 0 Å². The van der Waals surface area contributed by atoms with Crippen molar-refractivity contribution in [1.29, 1.82) is 0 Å². The number of hydrogen-bond acceptors (Lipinski definition) is 5. The normalized spacial score (nSPS) is 19.1. The van der Waals surface area contributed by atoms with Crippen LogP contribution in [0.15, 0.2) is 12.1 Å². The third-order valence-corrected chi connectivity index (χ3v) is 2.40. The average Bonchev–Trinajstić information content (AvgIpc) is 2.41. The summed E-state index contributed by atoms with van der Waals surface area (Å²) in [6, 6.07) is 3.34. The minimum absolute atomic E-state index is 0.184. The largest absolute Gasteiger partial charge is 0.438 e. The van der Waals surface area contributed by atoms with Crippen LogP contribution in [0, 0.1) is 0 Å². The molecule has 0 N–H and O–H groups in total. The van der Waals surface area contributed by atoms with E-state index in [0.717, 1.165) is 0 Å². The minimum atomic E-state index is -0.681. The van der Waals surface area contributed by atoms with E-state index >= 15 is 0 Å². The number of nitrogens with zero attached hydrogens (tertiary/aromatic N) is 3. The smallest absolute Gasteiger partial charge is 0.327 e. The van der Waals surface area contributed by atoms with Gasteiger partial charge in [0.2, 0.25) is 0 Å². The van der Waals surface area contributed by atoms with Crippen LogP contribution in [0.2, 0.25) is 5.15 Å². The predicted octanol–water partition coefficient (Wildman–Crippen LogP) is 1.23. The van der Waals surface area contributed by atoms with Gasteiger partial charge in [0.05, 0.1) is 0 Å². The molecule has 1 aromatic rings. The highest BCUT2D eigenvalue weighted by Gasteiger charge is 2.40. The topological polar surface area (TPSA) is 55.3 Å². The molecule has 0 bridgehead atoms. The van der Waals surface area contributed by atoms with Crippen LogP contribution in [-0.2, 0) is 9.53 Å². The first-order valence-corrected chi connectivity index (χ1v) is 4.85. The molecule has 0 aromatic carbocycles. The van der Waals surface area contributed by atoms with Gasteiger partial charge in [0.1, 0.15) is 6.54 Å². The molecular formula is C9H10ClN3O2. The Hall–Kier alpha value is -1.36. The first-order valence-electron chi connectivity index (χ1n) is 4.48. The van der Waals surface area contributed by atoms with Gasteiger partial charge in [0, 0.05) is 0 Å². The van der Waals surface area contributed by atoms with Crippen molar-refractivity contribution >= 4 is 23.4 Å². The van der Waals surface area contributed by atoms with E-state index in [1.807, 2.05) is 0 Å². The lowest BCUT2D eigenvalue weighted by Gasteiger charge is -2.28. The quantitative estimate of drug-likeness (QED) is 0.676. The van der Waals surface area contributed by atoms with Gasteiger partial charge >= 0.3 is 5.97 Å². The molecule has 1 aliphatic rings. The van der Waals surface area contributed by atoms with Crippen molar-refractivity contribution in [2.45, 2.75) is 19.6 Å². The number of aromatic nitrogens is 2. The highest BCUT2D eigenvalue weighted by molar-refractivity contribution is 6.29. The molecule has 0 atom stereocenters. The summed E-state index contributed by atoms with van der Waals surface area (Å²) in [7, 11) is 0. The molecule has 15 heavy (non-hydrogen) atoms. The van der Waals surface area contributed by atoms with Crippen molar-refractivity contribution in [3.63, 3.8) is 0 Å². The fraction of sp³-hybridized carbons (Fsp3) is 0.444. The van der Waals surface area contributed by atoms with Crippen molar-refractivity contribution in [2.24, 2.45) is 0 Å². The van der Waals surface area contributed by atoms with Crippen LogP contribution >= 0.6 is 11.6 Å². The van der Waals surface area contributed by atoms with E-state index in [1.54, 1.807) is 30.9 Å². The van der Waals surface area contributed by atoms with Gasteiger partial charge in [-0.2, -0.15) is 0 Å². The van der Waals surface area contributed by atoms with Crippen LogP contribution in [0.4, 0.5) is 5.82 Å². The maximum atomic E-state index is 11.2. The molecule has 0 unspecified atom stereocenters. The van der Waals surface area contributed by atoms with Crippen molar-refractivity contribution in [3.8, 4) is 0 Å². The van der Waals surface area contributed by atoms with Crippen LogP contribution in [0.3, 0.4) is 0 Å². The van der Waals surface area contributed by atoms with Crippen molar-refractivity contribution in [3.05, 3.63) is 17.3 Å². The highest BCUT2D eigenvalue weighted by Crippen LogP contribution is 2.28. The number of ether oxygens (including phenoxy) is 1. The number of halogens is 1. The molecule has 0 saturated carbocycles. The molecule has 1 fully saturated rings. The Labute approximate surface area is 92.0 Å². The third-order valence-electron chi connectivity index (χ3n) is 2.20. The molecule has 6 heteroatoms. The fourth-order valence-corrected chi connectivity index (χ4v) is 1.60. The number of hydrogen-bond donors (Lipinski definition) is 0. The van der Waals surface area contributed by atoms with Gasteiger partial charge in [-0.25, -0.2) is 0 Å². The number of rotatable bonds is 1. The molecule has 1 aliphatic heterocycles. The van der Waals surface area contributed by atoms with Crippen LogP contribution in [0.1, 0.15) is 13.8 Å². The second-order valence-corrected chi connectivity index (χ2v) is 4.11. The highest BCUT2D eigenvalue weighted by atomic mass is 35.5. The average molecular weight is 228 g/mol. The molecule has 0 spiro atoms. The number of anilines is 1. The Morgan fingerprint density at radius 3 is 2.67 bits per heavy atom. The second-order valence-electron chi connectivity index (χ2n) is 3.72. The molecule has 1 aromatic heterocycles. The van der Waals surface area contributed by atoms with Crippen molar-refractivity contribution < 1.29 is 9.53 Å². The summed E-state index contributed by atoms with van der Waals surface area (Å²) in [5.74, 6) is 0.312. The molecule has 2 heterocycles. The first-order chi connectivity index (χ1) is 6.99. The standard InChI is InChI=1S/C9H10ClN3O2/c1-9(2)13(5-8(14)15-9)7-4-3-6(10)11-12-7/h3-4H,5H2,1-2H3. The lowest BCUT2D eigenvalue weighted by Crippen LogP contribution is -2.39. The Balaban J connectivity index is 2.31. The second kappa shape index (κ2) is 3.34. The summed E-state index contributed by atoms with van der Waals surface area (Å²) in [5, 5.41) is 7.95. The van der Waals surface area contributed by atoms with E-state index in [-0.39, 0.29) is 12.5 Å². The monoisotopic (exact) mass is 227 g/mol. The van der Waals surface area contributed by atoms with E-state index in [0.29, 0.717) is 11.0 Å². The maximum Gasteiger partial charge on any atom is 0.327 e. The number of carbonyl (C=O) groups excluding carboxylic acids is 1. The Bertz CT molecular complexity index is 391.